The van der Waals surface area contributed by atoms with Gasteiger partial charge in [-0.2, -0.15) is 0 Å². The van der Waals surface area contributed by atoms with Gasteiger partial charge in [0.15, 0.2) is 0 Å². The van der Waals surface area contributed by atoms with Crippen molar-refractivity contribution in [1.82, 2.24) is 5.32 Å². The van der Waals surface area contributed by atoms with E-state index in [4.69, 9.17) is 9.84 Å². The molecule has 1 amide bonds. The summed E-state index contributed by atoms with van der Waals surface area (Å²) in [5.41, 5.74) is -0.183. The number of rotatable bonds is 8. The predicted molar refractivity (Wildman–Crippen MR) is 80.4 cm³/mol. The van der Waals surface area contributed by atoms with E-state index < -0.39 is 11.5 Å². The molecule has 0 saturated heterocycles. The van der Waals surface area contributed by atoms with Crippen molar-refractivity contribution >= 4 is 11.9 Å². The summed E-state index contributed by atoms with van der Waals surface area (Å²) in [4.78, 5) is 23.0. The average Bonchev–Trinajstić information content (AvgIpc) is 2.46. The third-order valence-corrected chi connectivity index (χ3v) is 3.47. The van der Waals surface area contributed by atoms with Gasteiger partial charge in [-0.1, -0.05) is 19.1 Å². The van der Waals surface area contributed by atoms with Gasteiger partial charge < -0.3 is 15.2 Å². The maximum Gasteiger partial charge on any atom is 0.329 e. The number of aryl methyl sites for hydroxylation is 1. The molecule has 1 rings (SSSR count). The van der Waals surface area contributed by atoms with Crippen LogP contribution in [-0.2, 0) is 16.0 Å². The first-order valence-corrected chi connectivity index (χ1v) is 7.17. The molecule has 0 bridgehead atoms. The molecule has 1 aromatic rings. The zero-order valence-corrected chi connectivity index (χ0v) is 12.8. The standard InChI is InChI=1S/C16H23NO4/c1-4-16(3,15(19)20)17-14(18)11-8-12-6-9-13(10-7-12)21-5-2/h6-7,9-10H,4-5,8,11H2,1-3H3,(H,17,18)(H,19,20). The highest BCUT2D eigenvalue weighted by Crippen LogP contribution is 2.14. The van der Waals surface area contributed by atoms with Gasteiger partial charge in [0.05, 0.1) is 6.61 Å². The topological polar surface area (TPSA) is 75.6 Å². The molecule has 1 unspecified atom stereocenters. The van der Waals surface area contributed by atoms with E-state index in [9.17, 15) is 9.59 Å². The van der Waals surface area contributed by atoms with Crippen molar-refractivity contribution in [2.75, 3.05) is 6.61 Å². The van der Waals surface area contributed by atoms with Crippen LogP contribution in [0.4, 0.5) is 0 Å². The quantitative estimate of drug-likeness (QED) is 0.771. The zero-order valence-electron chi connectivity index (χ0n) is 12.8. The van der Waals surface area contributed by atoms with Crippen LogP contribution in [0.2, 0.25) is 0 Å². The molecule has 0 heterocycles. The van der Waals surface area contributed by atoms with Gasteiger partial charge in [-0.05, 0) is 44.4 Å². The van der Waals surface area contributed by atoms with Crippen LogP contribution < -0.4 is 10.1 Å². The fourth-order valence-corrected chi connectivity index (χ4v) is 1.84. The largest absolute Gasteiger partial charge is 0.494 e. The minimum atomic E-state index is -1.20. The number of hydrogen-bond acceptors (Lipinski definition) is 3. The molecule has 0 aliphatic carbocycles. The van der Waals surface area contributed by atoms with E-state index in [2.05, 4.69) is 5.32 Å². The van der Waals surface area contributed by atoms with Crippen molar-refractivity contribution in [3.8, 4) is 5.75 Å². The van der Waals surface area contributed by atoms with Crippen LogP contribution in [-0.4, -0.2) is 29.1 Å². The van der Waals surface area contributed by atoms with Crippen molar-refractivity contribution in [1.29, 1.82) is 0 Å². The van der Waals surface area contributed by atoms with Gasteiger partial charge >= 0.3 is 5.97 Å². The Labute approximate surface area is 125 Å². The van der Waals surface area contributed by atoms with Crippen molar-refractivity contribution in [3.05, 3.63) is 29.8 Å². The summed E-state index contributed by atoms with van der Waals surface area (Å²) in [7, 11) is 0. The highest BCUT2D eigenvalue weighted by Gasteiger charge is 2.32. The Bertz CT molecular complexity index is 484. The van der Waals surface area contributed by atoms with Crippen molar-refractivity contribution < 1.29 is 19.4 Å². The number of carbonyl (C=O) groups is 2. The van der Waals surface area contributed by atoms with Crippen LogP contribution in [0.15, 0.2) is 24.3 Å². The van der Waals surface area contributed by atoms with Crippen LogP contribution in [0.5, 0.6) is 5.75 Å². The average molecular weight is 293 g/mol. The second-order valence-corrected chi connectivity index (χ2v) is 5.12. The maximum absolute atomic E-state index is 11.9. The minimum absolute atomic E-state index is 0.254. The number of benzene rings is 1. The second-order valence-electron chi connectivity index (χ2n) is 5.12. The van der Waals surface area contributed by atoms with Gasteiger partial charge in [-0.25, -0.2) is 4.79 Å². The maximum atomic E-state index is 11.9. The summed E-state index contributed by atoms with van der Waals surface area (Å²) in [6.45, 7) is 5.79. The molecule has 1 aromatic carbocycles. The minimum Gasteiger partial charge on any atom is -0.494 e. The molecular weight excluding hydrogens is 270 g/mol. The summed E-state index contributed by atoms with van der Waals surface area (Å²) in [5.74, 6) is -0.467. The first-order chi connectivity index (χ1) is 9.91. The van der Waals surface area contributed by atoms with Crippen LogP contribution >= 0.6 is 0 Å². The molecule has 0 fully saturated rings. The number of nitrogens with one attached hydrogen (secondary N) is 1. The fraction of sp³-hybridized carbons (Fsp3) is 0.500. The Kier molecular flexibility index (Phi) is 6.21. The highest BCUT2D eigenvalue weighted by atomic mass is 16.5. The fourth-order valence-electron chi connectivity index (χ4n) is 1.84. The summed E-state index contributed by atoms with van der Waals surface area (Å²) in [6.07, 6.45) is 1.17. The van der Waals surface area contributed by atoms with E-state index in [0.29, 0.717) is 19.4 Å². The molecular formula is C16H23NO4. The molecule has 1 atom stereocenters. The lowest BCUT2D eigenvalue weighted by molar-refractivity contribution is -0.147. The first kappa shape index (κ1) is 17.0. The number of carbonyl (C=O) groups excluding carboxylic acids is 1. The van der Waals surface area contributed by atoms with E-state index in [1.54, 1.807) is 6.92 Å². The van der Waals surface area contributed by atoms with Crippen LogP contribution in [0, 0.1) is 0 Å². The molecule has 21 heavy (non-hydrogen) atoms. The second kappa shape index (κ2) is 7.67. The molecule has 0 aliphatic heterocycles. The number of hydrogen-bond donors (Lipinski definition) is 2. The number of carboxylic acid groups (broad SMARTS) is 1. The Morgan fingerprint density at radius 3 is 2.33 bits per heavy atom. The third kappa shape index (κ3) is 5.10. The van der Waals surface area contributed by atoms with Gasteiger partial charge in [0.25, 0.3) is 0 Å². The Hall–Kier alpha value is -2.04. The van der Waals surface area contributed by atoms with Gasteiger partial charge in [-0.3, -0.25) is 4.79 Å². The molecule has 5 nitrogen and oxygen atoms in total. The summed E-state index contributed by atoms with van der Waals surface area (Å²) < 4.78 is 5.35. The lowest BCUT2D eigenvalue weighted by atomic mass is 9.98. The van der Waals surface area contributed by atoms with Crippen molar-refractivity contribution in [3.63, 3.8) is 0 Å². The molecule has 0 aromatic heterocycles. The van der Waals surface area contributed by atoms with E-state index in [0.717, 1.165) is 11.3 Å². The van der Waals surface area contributed by atoms with Crippen LogP contribution in [0.25, 0.3) is 0 Å². The van der Waals surface area contributed by atoms with Crippen molar-refractivity contribution in [2.24, 2.45) is 0 Å². The van der Waals surface area contributed by atoms with Crippen LogP contribution in [0.1, 0.15) is 39.2 Å². The molecule has 0 aliphatic rings. The zero-order chi connectivity index (χ0) is 15.9. The molecule has 0 saturated carbocycles. The normalized spacial score (nSPS) is 13.3. The molecule has 2 N–H and O–H groups in total. The molecule has 0 spiro atoms. The highest BCUT2D eigenvalue weighted by molar-refractivity contribution is 5.86. The number of carboxylic acids is 1. The monoisotopic (exact) mass is 293 g/mol. The lowest BCUT2D eigenvalue weighted by Crippen LogP contribution is -2.51. The third-order valence-electron chi connectivity index (χ3n) is 3.47. The van der Waals surface area contributed by atoms with E-state index in [-0.39, 0.29) is 12.3 Å². The van der Waals surface area contributed by atoms with Crippen molar-refractivity contribution in [2.45, 2.75) is 45.6 Å². The summed E-state index contributed by atoms with van der Waals surface area (Å²) >= 11 is 0. The molecule has 116 valence electrons. The van der Waals surface area contributed by atoms with E-state index >= 15 is 0 Å². The Balaban J connectivity index is 2.51. The summed E-state index contributed by atoms with van der Waals surface area (Å²) in [5, 5.41) is 11.7. The van der Waals surface area contributed by atoms with Crippen LogP contribution in [0.3, 0.4) is 0 Å². The molecule has 5 heteroatoms. The lowest BCUT2D eigenvalue weighted by Gasteiger charge is -2.24. The van der Waals surface area contributed by atoms with Gasteiger partial charge in [-0.15, -0.1) is 0 Å². The Morgan fingerprint density at radius 1 is 1.24 bits per heavy atom. The van der Waals surface area contributed by atoms with E-state index in [1.165, 1.54) is 6.92 Å². The predicted octanol–water partition coefficient (Wildman–Crippen LogP) is 2.39. The van der Waals surface area contributed by atoms with Gasteiger partial charge in [0.2, 0.25) is 5.91 Å². The van der Waals surface area contributed by atoms with Gasteiger partial charge in [0.1, 0.15) is 11.3 Å². The SMILES string of the molecule is CCOc1ccc(CCC(=O)NC(C)(CC)C(=O)O)cc1. The first-order valence-electron chi connectivity index (χ1n) is 7.17. The number of aliphatic carboxylic acids is 1. The molecule has 0 radical (unpaired) electrons. The number of ether oxygens (including phenoxy) is 1. The smallest absolute Gasteiger partial charge is 0.329 e. The summed E-state index contributed by atoms with van der Waals surface area (Å²) in [6, 6.07) is 7.55. The number of amides is 1. The van der Waals surface area contributed by atoms with E-state index in [1.807, 2.05) is 31.2 Å². The Morgan fingerprint density at radius 2 is 1.86 bits per heavy atom. The van der Waals surface area contributed by atoms with Gasteiger partial charge in [0, 0.05) is 6.42 Å².